The summed E-state index contributed by atoms with van der Waals surface area (Å²) >= 11 is 0. The van der Waals surface area contributed by atoms with Crippen LogP contribution in [0.25, 0.3) is 0 Å². The summed E-state index contributed by atoms with van der Waals surface area (Å²) in [6.45, 7) is 16.2. The van der Waals surface area contributed by atoms with Gasteiger partial charge in [-0.25, -0.2) is 0 Å². The minimum atomic E-state index is 0.790. The van der Waals surface area contributed by atoms with Gasteiger partial charge >= 0.3 is 0 Å². The Labute approximate surface area is 122 Å². The van der Waals surface area contributed by atoms with E-state index in [1.807, 2.05) is 0 Å². The Bertz CT molecular complexity index is 291. The van der Waals surface area contributed by atoms with Crippen LogP contribution in [0.3, 0.4) is 0 Å². The molecule has 0 heterocycles. The van der Waals surface area contributed by atoms with Gasteiger partial charge in [-0.15, -0.1) is 0 Å². The second kappa shape index (κ2) is 10.3. The van der Waals surface area contributed by atoms with Crippen LogP contribution < -0.4 is 0 Å². The van der Waals surface area contributed by atoms with E-state index in [2.05, 4.69) is 54.5 Å². The number of allylic oxidation sites excluding steroid dienone is 4. The van der Waals surface area contributed by atoms with Crippen molar-refractivity contribution in [3.05, 3.63) is 22.8 Å². The smallest absolute Gasteiger partial charge is 0.0283 e. The fourth-order valence-electron chi connectivity index (χ4n) is 2.53. The molecule has 0 aliphatic rings. The molecule has 0 spiro atoms. The van der Waals surface area contributed by atoms with Gasteiger partial charge in [0.1, 0.15) is 0 Å². The van der Waals surface area contributed by atoms with E-state index in [0.717, 1.165) is 11.8 Å². The summed E-state index contributed by atoms with van der Waals surface area (Å²) in [7, 11) is 0. The van der Waals surface area contributed by atoms with E-state index in [9.17, 15) is 0 Å². The molecule has 0 aromatic carbocycles. The molecule has 1 atom stereocenters. The highest BCUT2D eigenvalue weighted by molar-refractivity contribution is 5.14. The summed E-state index contributed by atoms with van der Waals surface area (Å²) < 4.78 is 0. The van der Waals surface area contributed by atoms with Crippen molar-refractivity contribution in [1.82, 2.24) is 0 Å². The van der Waals surface area contributed by atoms with Crippen LogP contribution >= 0.6 is 0 Å². The van der Waals surface area contributed by atoms with Gasteiger partial charge in [-0.2, -0.15) is 0 Å². The Kier molecular flexibility index (Phi) is 10.0. The van der Waals surface area contributed by atoms with E-state index in [4.69, 9.17) is 0 Å². The summed E-state index contributed by atoms with van der Waals surface area (Å²) in [5, 5.41) is 0. The normalized spacial score (nSPS) is 15.7. The molecule has 112 valence electrons. The van der Waals surface area contributed by atoms with Gasteiger partial charge in [-0.1, -0.05) is 63.8 Å². The molecular weight excluding hydrogens is 228 g/mol. The van der Waals surface area contributed by atoms with Crippen LogP contribution in [0, 0.1) is 11.8 Å². The Morgan fingerprint density at radius 2 is 1.63 bits per heavy atom. The quantitative estimate of drug-likeness (QED) is 0.396. The lowest BCUT2D eigenvalue weighted by atomic mass is 9.88. The third kappa shape index (κ3) is 7.60. The van der Waals surface area contributed by atoms with E-state index in [0.29, 0.717) is 0 Å². The van der Waals surface area contributed by atoms with Crippen LogP contribution in [0.5, 0.6) is 0 Å². The molecule has 19 heavy (non-hydrogen) atoms. The first-order valence-electron chi connectivity index (χ1n) is 8.27. The van der Waals surface area contributed by atoms with Crippen LogP contribution in [0.4, 0.5) is 0 Å². The highest BCUT2D eigenvalue weighted by Gasteiger charge is 2.10. The molecule has 0 bridgehead atoms. The summed E-state index contributed by atoms with van der Waals surface area (Å²) in [5.41, 5.74) is 4.98. The maximum absolute atomic E-state index is 2.38. The summed E-state index contributed by atoms with van der Waals surface area (Å²) in [5.74, 6) is 1.59. The van der Waals surface area contributed by atoms with Crippen molar-refractivity contribution in [2.24, 2.45) is 11.8 Å². The third-order valence-electron chi connectivity index (χ3n) is 4.53. The molecule has 0 saturated heterocycles. The van der Waals surface area contributed by atoms with Gasteiger partial charge in [-0.05, 0) is 57.8 Å². The monoisotopic (exact) mass is 264 g/mol. The van der Waals surface area contributed by atoms with Crippen molar-refractivity contribution in [3.8, 4) is 0 Å². The number of hydrogen-bond acceptors (Lipinski definition) is 0. The molecule has 0 heteroatoms. The van der Waals surface area contributed by atoms with E-state index in [1.165, 1.54) is 38.5 Å². The molecular formula is C19H36. The first-order chi connectivity index (χ1) is 8.96. The van der Waals surface area contributed by atoms with Crippen molar-refractivity contribution in [3.63, 3.8) is 0 Å². The van der Waals surface area contributed by atoms with Crippen molar-refractivity contribution in [2.75, 3.05) is 0 Å². The molecule has 0 aromatic heterocycles. The maximum atomic E-state index is 2.38. The average Bonchev–Trinajstić information content (AvgIpc) is 2.39. The van der Waals surface area contributed by atoms with Crippen LogP contribution in [0.15, 0.2) is 22.8 Å². The van der Waals surface area contributed by atoms with Crippen LogP contribution in [-0.2, 0) is 0 Å². The lowest BCUT2D eigenvalue weighted by Crippen LogP contribution is -2.05. The number of rotatable bonds is 9. The Morgan fingerprint density at radius 1 is 1.00 bits per heavy atom. The number of hydrogen-bond donors (Lipinski definition) is 0. The van der Waals surface area contributed by atoms with Gasteiger partial charge in [0.25, 0.3) is 0 Å². The van der Waals surface area contributed by atoms with Crippen LogP contribution in [-0.4, -0.2) is 0 Å². The SMILES string of the molecule is CC=C(CCC(C)=C(CC)CCC)CC(C)C(C)C. The maximum Gasteiger partial charge on any atom is -0.0283 e. The predicted molar refractivity (Wildman–Crippen MR) is 89.5 cm³/mol. The second-order valence-corrected chi connectivity index (χ2v) is 6.36. The third-order valence-corrected chi connectivity index (χ3v) is 4.53. The van der Waals surface area contributed by atoms with Crippen LogP contribution in [0.1, 0.15) is 87.0 Å². The lowest BCUT2D eigenvalue weighted by molar-refractivity contribution is 0.412. The predicted octanol–water partition coefficient (Wildman–Crippen LogP) is 6.92. The van der Waals surface area contributed by atoms with E-state index < -0.39 is 0 Å². The molecule has 1 unspecified atom stereocenters. The van der Waals surface area contributed by atoms with Crippen LogP contribution in [0.2, 0.25) is 0 Å². The van der Waals surface area contributed by atoms with Crippen molar-refractivity contribution in [1.29, 1.82) is 0 Å². The van der Waals surface area contributed by atoms with E-state index >= 15 is 0 Å². The summed E-state index contributed by atoms with van der Waals surface area (Å²) in [6.07, 6.45) is 9.93. The second-order valence-electron chi connectivity index (χ2n) is 6.36. The lowest BCUT2D eigenvalue weighted by Gasteiger charge is -2.18. The summed E-state index contributed by atoms with van der Waals surface area (Å²) in [4.78, 5) is 0. The van der Waals surface area contributed by atoms with E-state index in [1.54, 1.807) is 16.7 Å². The van der Waals surface area contributed by atoms with E-state index in [-0.39, 0.29) is 0 Å². The highest BCUT2D eigenvalue weighted by atomic mass is 14.2. The van der Waals surface area contributed by atoms with Gasteiger partial charge in [0.2, 0.25) is 0 Å². The average molecular weight is 264 g/mol. The largest absolute Gasteiger partial charge is 0.0884 e. The minimum absolute atomic E-state index is 0.790. The Hall–Kier alpha value is -0.520. The zero-order valence-corrected chi connectivity index (χ0v) is 14.5. The molecule has 0 nitrogen and oxygen atoms in total. The Balaban J connectivity index is 4.43. The van der Waals surface area contributed by atoms with Crippen molar-refractivity contribution >= 4 is 0 Å². The molecule has 0 N–H and O–H groups in total. The molecule has 0 aromatic rings. The molecule has 0 amide bonds. The van der Waals surface area contributed by atoms with Gasteiger partial charge in [-0.3, -0.25) is 0 Å². The first kappa shape index (κ1) is 18.5. The fraction of sp³-hybridized carbons (Fsp3) is 0.789. The topological polar surface area (TPSA) is 0 Å². The Morgan fingerprint density at radius 3 is 2.05 bits per heavy atom. The van der Waals surface area contributed by atoms with Gasteiger partial charge < -0.3 is 0 Å². The standard InChI is InChI=1S/C19H36/c1-8-11-19(10-3)16(6)12-13-18(9-2)14-17(7)15(4)5/h9,15,17H,8,10-14H2,1-7H3. The first-order valence-corrected chi connectivity index (χ1v) is 8.27. The minimum Gasteiger partial charge on any atom is -0.0884 e. The summed E-state index contributed by atoms with van der Waals surface area (Å²) in [6, 6.07) is 0. The zero-order chi connectivity index (χ0) is 14.8. The molecule has 0 radical (unpaired) electrons. The fourth-order valence-corrected chi connectivity index (χ4v) is 2.53. The zero-order valence-electron chi connectivity index (χ0n) is 14.5. The highest BCUT2D eigenvalue weighted by Crippen LogP contribution is 2.25. The van der Waals surface area contributed by atoms with Gasteiger partial charge in [0, 0.05) is 0 Å². The molecule has 0 saturated carbocycles. The molecule has 0 rings (SSSR count). The molecule has 0 aliphatic heterocycles. The molecule has 0 fully saturated rings. The molecule has 0 aliphatic carbocycles. The van der Waals surface area contributed by atoms with Crippen molar-refractivity contribution < 1.29 is 0 Å². The van der Waals surface area contributed by atoms with Crippen molar-refractivity contribution in [2.45, 2.75) is 87.0 Å². The van der Waals surface area contributed by atoms with Gasteiger partial charge in [0.05, 0.1) is 0 Å². The van der Waals surface area contributed by atoms with Gasteiger partial charge in [0.15, 0.2) is 0 Å².